The van der Waals surface area contributed by atoms with Gasteiger partial charge in [0.05, 0.1) is 0 Å². The minimum Gasteiger partial charge on any atom is -0.0801 e. The molecule has 3 rings (SSSR count). The Morgan fingerprint density at radius 2 is 1.00 bits per heavy atom. The summed E-state index contributed by atoms with van der Waals surface area (Å²) in [5.74, 6) is 0. The van der Waals surface area contributed by atoms with E-state index in [-0.39, 0.29) is 0 Å². The van der Waals surface area contributed by atoms with Gasteiger partial charge in [-0.3, -0.25) is 0 Å². The first kappa shape index (κ1) is 15.5. The summed E-state index contributed by atoms with van der Waals surface area (Å²) in [7, 11) is 0. The summed E-state index contributed by atoms with van der Waals surface area (Å²) in [6, 6.07) is 0. The molecule has 0 aromatic rings. The van der Waals surface area contributed by atoms with Crippen LogP contribution < -0.4 is 0 Å². The van der Waals surface area contributed by atoms with E-state index in [1.165, 1.54) is 22.3 Å². The summed E-state index contributed by atoms with van der Waals surface area (Å²) in [6.45, 7) is 8.00. The first-order valence-corrected chi connectivity index (χ1v) is 7.55. The van der Waals surface area contributed by atoms with E-state index in [4.69, 9.17) is 0 Å². The molecule has 0 radical (unpaired) electrons. The van der Waals surface area contributed by atoms with Gasteiger partial charge in [0.1, 0.15) is 0 Å². The smallest absolute Gasteiger partial charge is 0.00201 e. The van der Waals surface area contributed by atoms with Crippen molar-refractivity contribution in [3.63, 3.8) is 0 Å². The first-order valence-electron chi connectivity index (χ1n) is 7.55. The zero-order valence-corrected chi connectivity index (χ0v) is 12.7. The lowest BCUT2D eigenvalue weighted by molar-refractivity contribution is 1.10. The van der Waals surface area contributed by atoms with E-state index in [1.807, 2.05) is 27.7 Å². The van der Waals surface area contributed by atoms with Crippen LogP contribution in [0, 0.1) is 0 Å². The van der Waals surface area contributed by atoms with Crippen molar-refractivity contribution in [3.8, 4) is 0 Å². The van der Waals surface area contributed by atoms with E-state index >= 15 is 0 Å². The minimum atomic E-state index is 1.12. The maximum Gasteiger partial charge on any atom is -0.00201 e. The summed E-state index contributed by atoms with van der Waals surface area (Å²) < 4.78 is 0. The van der Waals surface area contributed by atoms with Gasteiger partial charge in [-0.15, -0.1) is 0 Å². The first-order chi connectivity index (χ1) is 9.43. The van der Waals surface area contributed by atoms with E-state index in [2.05, 4.69) is 48.6 Å². The lowest BCUT2D eigenvalue weighted by atomic mass is 9.98. The molecule has 0 fully saturated rings. The third-order valence-electron chi connectivity index (χ3n) is 3.23. The van der Waals surface area contributed by atoms with Gasteiger partial charge >= 0.3 is 0 Å². The molecule has 0 atom stereocenters. The van der Waals surface area contributed by atoms with Crippen LogP contribution in [0.3, 0.4) is 0 Å². The average molecular weight is 254 g/mol. The van der Waals surface area contributed by atoms with Crippen LogP contribution in [0.15, 0.2) is 70.9 Å². The van der Waals surface area contributed by atoms with Gasteiger partial charge in [-0.2, -0.15) is 0 Å². The number of allylic oxidation sites excluding steroid dienone is 12. The van der Waals surface area contributed by atoms with E-state index < -0.39 is 0 Å². The second-order valence-corrected chi connectivity index (χ2v) is 4.21. The quantitative estimate of drug-likeness (QED) is 0.561. The fourth-order valence-electron chi connectivity index (χ4n) is 2.34. The third kappa shape index (κ3) is 3.96. The largest absolute Gasteiger partial charge is 0.0801 e. The lowest BCUT2D eigenvalue weighted by Crippen LogP contribution is -1.88. The Morgan fingerprint density at radius 3 is 1.32 bits per heavy atom. The SMILES string of the molecule is C1=CCC(C2=CC=C(C3=CC=CC3)C2)=C1.CC.CC. The Labute approximate surface area is 118 Å². The van der Waals surface area contributed by atoms with Crippen LogP contribution in [0.5, 0.6) is 0 Å². The molecule has 0 spiro atoms. The monoisotopic (exact) mass is 254 g/mol. The van der Waals surface area contributed by atoms with Crippen molar-refractivity contribution in [2.45, 2.75) is 47.0 Å². The van der Waals surface area contributed by atoms with Crippen molar-refractivity contribution in [1.82, 2.24) is 0 Å². The predicted octanol–water partition coefficient (Wildman–Crippen LogP) is 6.07. The van der Waals surface area contributed by atoms with Gasteiger partial charge in [-0.25, -0.2) is 0 Å². The summed E-state index contributed by atoms with van der Waals surface area (Å²) in [5.41, 5.74) is 5.99. The average Bonchev–Trinajstić information content (AvgIpc) is 3.23. The molecule has 0 aromatic carbocycles. The number of rotatable bonds is 2. The van der Waals surface area contributed by atoms with Crippen molar-refractivity contribution >= 4 is 0 Å². The summed E-state index contributed by atoms with van der Waals surface area (Å²) in [6.07, 6.45) is 21.2. The number of hydrogen-bond acceptors (Lipinski definition) is 0. The van der Waals surface area contributed by atoms with E-state index in [0.717, 1.165) is 19.3 Å². The molecule has 19 heavy (non-hydrogen) atoms. The maximum absolute atomic E-state index is 2.29. The highest BCUT2D eigenvalue weighted by Gasteiger charge is 2.15. The Bertz CT molecular complexity index is 418. The molecule has 0 aromatic heterocycles. The molecule has 3 aliphatic rings. The topological polar surface area (TPSA) is 0 Å². The summed E-state index contributed by atoms with van der Waals surface area (Å²) >= 11 is 0. The zero-order chi connectivity index (χ0) is 14.1. The fraction of sp³-hybridized carbons (Fsp3) is 0.368. The molecule has 0 bridgehead atoms. The molecule has 3 aliphatic carbocycles. The molecular weight excluding hydrogens is 228 g/mol. The van der Waals surface area contributed by atoms with Crippen molar-refractivity contribution < 1.29 is 0 Å². The summed E-state index contributed by atoms with van der Waals surface area (Å²) in [4.78, 5) is 0. The fourth-order valence-corrected chi connectivity index (χ4v) is 2.34. The van der Waals surface area contributed by atoms with E-state index in [9.17, 15) is 0 Å². The van der Waals surface area contributed by atoms with Crippen LogP contribution in [-0.2, 0) is 0 Å². The van der Waals surface area contributed by atoms with Crippen LogP contribution >= 0.6 is 0 Å². The standard InChI is InChI=1S/C15H14.2C2H6/c1-2-6-12(5-1)14-9-10-15(11-14)13-7-3-4-8-13;2*1-2/h1-5,7,9-10H,6,8,11H2;2*1-2H3. The second-order valence-electron chi connectivity index (χ2n) is 4.21. The maximum atomic E-state index is 2.29. The van der Waals surface area contributed by atoms with Gasteiger partial charge in [0, 0.05) is 0 Å². The molecule has 0 aliphatic heterocycles. The minimum absolute atomic E-state index is 1.12. The zero-order valence-electron chi connectivity index (χ0n) is 12.7. The van der Waals surface area contributed by atoms with Crippen LogP contribution in [0.1, 0.15) is 47.0 Å². The van der Waals surface area contributed by atoms with Gasteiger partial charge in [-0.05, 0) is 41.6 Å². The highest BCUT2D eigenvalue weighted by Crippen LogP contribution is 2.34. The van der Waals surface area contributed by atoms with E-state index in [0.29, 0.717) is 0 Å². The Balaban J connectivity index is 0.000000415. The summed E-state index contributed by atoms with van der Waals surface area (Å²) in [5, 5.41) is 0. The highest BCUT2D eigenvalue weighted by molar-refractivity contribution is 5.53. The molecule has 0 saturated heterocycles. The van der Waals surface area contributed by atoms with Crippen LogP contribution in [-0.4, -0.2) is 0 Å². The van der Waals surface area contributed by atoms with Gasteiger partial charge < -0.3 is 0 Å². The highest BCUT2D eigenvalue weighted by atomic mass is 14.2. The molecule has 0 amide bonds. The molecule has 0 unspecified atom stereocenters. The van der Waals surface area contributed by atoms with Crippen molar-refractivity contribution in [3.05, 3.63) is 70.9 Å². The molecular formula is C19H26. The van der Waals surface area contributed by atoms with Crippen LogP contribution in [0.4, 0.5) is 0 Å². The van der Waals surface area contributed by atoms with Gasteiger partial charge in [-0.1, -0.05) is 76.3 Å². The predicted molar refractivity (Wildman–Crippen MR) is 87.2 cm³/mol. The Morgan fingerprint density at radius 1 is 0.579 bits per heavy atom. The van der Waals surface area contributed by atoms with Gasteiger partial charge in [0.15, 0.2) is 0 Å². The Kier molecular flexibility index (Phi) is 6.95. The van der Waals surface area contributed by atoms with Crippen molar-refractivity contribution in [2.24, 2.45) is 0 Å². The van der Waals surface area contributed by atoms with Crippen molar-refractivity contribution in [2.75, 3.05) is 0 Å². The van der Waals surface area contributed by atoms with Crippen molar-refractivity contribution in [1.29, 1.82) is 0 Å². The number of hydrogen-bond donors (Lipinski definition) is 0. The second kappa shape index (κ2) is 8.53. The molecule has 102 valence electrons. The molecule has 0 heteroatoms. The molecule has 0 N–H and O–H groups in total. The molecule has 0 nitrogen and oxygen atoms in total. The van der Waals surface area contributed by atoms with E-state index in [1.54, 1.807) is 0 Å². The van der Waals surface area contributed by atoms with Crippen LogP contribution in [0.25, 0.3) is 0 Å². The van der Waals surface area contributed by atoms with Gasteiger partial charge in [0.25, 0.3) is 0 Å². The molecule has 0 heterocycles. The third-order valence-corrected chi connectivity index (χ3v) is 3.23. The van der Waals surface area contributed by atoms with Crippen LogP contribution in [0.2, 0.25) is 0 Å². The molecule has 0 saturated carbocycles. The lowest BCUT2D eigenvalue weighted by Gasteiger charge is -2.07. The van der Waals surface area contributed by atoms with Gasteiger partial charge in [0.2, 0.25) is 0 Å². The normalized spacial score (nSPS) is 18.7. The Hall–Kier alpha value is -1.56.